The third-order valence-corrected chi connectivity index (χ3v) is 7.19. The minimum atomic E-state index is -0.460. The van der Waals surface area contributed by atoms with Crippen LogP contribution in [-0.2, 0) is 9.47 Å². The van der Waals surface area contributed by atoms with E-state index in [1.54, 1.807) is 30.5 Å². The Kier molecular flexibility index (Phi) is 7.67. The molecule has 0 saturated carbocycles. The Morgan fingerprint density at radius 3 is 2.51 bits per heavy atom. The first-order chi connectivity index (χ1) is 19.9. The number of halogens is 1. The van der Waals surface area contributed by atoms with Crippen molar-refractivity contribution >= 4 is 34.0 Å². The minimum absolute atomic E-state index is 0.0805. The lowest BCUT2D eigenvalue weighted by Crippen LogP contribution is -2.46. The van der Waals surface area contributed by atoms with Crippen molar-refractivity contribution in [2.45, 2.75) is 26.1 Å². The van der Waals surface area contributed by atoms with Crippen LogP contribution in [0.2, 0.25) is 0 Å². The van der Waals surface area contributed by atoms with Gasteiger partial charge in [0, 0.05) is 66.2 Å². The summed E-state index contributed by atoms with van der Waals surface area (Å²) in [6.07, 6.45) is 1.84. The summed E-state index contributed by atoms with van der Waals surface area (Å²) in [5, 5.41) is 4.55. The average molecular weight is 558 g/mol. The van der Waals surface area contributed by atoms with Crippen molar-refractivity contribution < 1.29 is 23.4 Å². The molecule has 9 nitrogen and oxygen atoms in total. The van der Waals surface area contributed by atoms with Crippen LogP contribution in [0.4, 0.5) is 21.7 Å². The van der Waals surface area contributed by atoms with E-state index in [2.05, 4.69) is 20.2 Å². The van der Waals surface area contributed by atoms with Crippen molar-refractivity contribution in [3.63, 3.8) is 0 Å². The Morgan fingerprint density at radius 2 is 1.73 bits per heavy atom. The Hall–Kier alpha value is -4.28. The van der Waals surface area contributed by atoms with Crippen LogP contribution in [0.15, 0.2) is 66.9 Å². The molecule has 0 spiro atoms. The number of nitrogens with one attached hydrogen (secondary N) is 1. The zero-order chi connectivity index (χ0) is 28.3. The summed E-state index contributed by atoms with van der Waals surface area (Å²) in [4.78, 5) is 26.5. The summed E-state index contributed by atoms with van der Waals surface area (Å²) in [6.45, 7) is 7.90. The molecule has 0 aliphatic carbocycles. The van der Waals surface area contributed by atoms with Crippen LogP contribution >= 0.6 is 0 Å². The van der Waals surface area contributed by atoms with Gasteiger partial charge in [0.1, 0.15) is 11.6 Å². The lowest BCUT2D eigenvalue weighted by atomic mass is 10.1. The molecular weight excluding hydrogens is 525 g/mol. The van der Waals surface area contributed by atoms with Crippen molar-refractivity contribution in [2.75, 3.05) is 54.5 Å². The molecule has 2 atom stereocenters. The first-order valence-corrected chi connectivity index (χ1v) is 13.8. The van der Waals surface area contributed by atoms with Crippen molar-refractivity contribution in [1.82, 2.24) is 9.97 Å². The van der Waals surface area contributed by atoms with Crippen molar-refractivity contribution in [3.8, 4) is 11.6 Å². The van der Waals surface area contributed by atoms with E-state index in [4.69, 9.17) is 14.2 Å². The molecule has 6 rings (SSSR count). The molecule has 0 radical (unpaired) electrons. The van der Waals surface area contributed by atoms with Crippen LogP contribution < -0.4 is 19.9 Å². The predicted molar refractivity (Wildman–Crippen MR) is 156 cm³/mol. The maximum atomic E-state index is 14.5. The van der Waals surface area contributed by atoms with Crippen molar-refractivity contribution in [1.29, 1.82) is 0 Å². The number of rotatable bonds is 6. The number of benzene rings is 3. The van der Waals surface area contributed by atoms with Gasteiger partial charge in [0.25, 0.3) is 5.91 Å². The van der Waals surface area contributed by atoms with Gasteiger partial charge in [0.2, 0.25) is 11.8 Å². The molecule has 4 aromatic rings. The number of hydrogen-bond acceptors (Lipinski definition) is 8. The molecule has 2 saturated heterocycles. The lowest BCUT2D eigenvalue weighted by molar-refractivity contribution is -0.00575. The minimum Gasteiger partial charge on any atom is -0.438 e. The van der Waals surface area contributed by atoms with E-state index in [0.717, 1.165) is 10.8 Å². The maximum absolute atomic E-state index is 14.5. The highest BCUT2D eigenvalue weighted by molar-refractivity contribution is 6.10. The standard InChI is InChI=1S/C31H32FN5O4/c1-20-18-37(19-21(2)40-20)31-33-10-9-29(35-31)41-28-8-7-27(25-5-3-4-6-26(25)28)34-30(38)22-15-23(32)17-24(16-22)36-11-13-39-14-12-36/h3-10,15-17,20-21H,11-14,18-19H2,1-2H3,(H,34,38)/t20-,21+. The highest BCUT2D eigenvalue weighted by atomic mass is 19.1. The third-order valence-electron chi connectivity index (χ3n) is 7.19. The monoisotopic (exact) mass is 557 g/mol. The molecule has 1 aromatic heterocycles. The van der Waals surface area contributed by atoms with Gasteiger partial charge in [-0.3, -0.25) is 4.79 Å². The molecule has 2 fully saturated rings. The second-order valence-corrected chi connectivity index (χ2v) is 10.4. The van der Waals surface area contributed by atoms with Crippen LogP contribution in [-0.4, -0.2) is 67.5 Å². The normalized spacial score (nSPS) is 19.3. The van der Waals surface area contributed by atoms with Gasteiger partial charge in [-0.15, -0.1) is 0 Å². The summed E-state index contributed by atoms with van der Waals surface area (Å²) >= 11 is 0. The second kappa shape index (κ2) is 11.7. The van der Waals surface area contributed by atoms with Crippen LogP contribution in [0.5, 0.6) is 11.6 Å². The number of nitrogens with zero attached hydrogens (tertiary/aromatic N) is 4. The molecule has 212 valence electrons. The van der Waals surface area contributed by atoms with Crippen LogP contribution in [0.25, 0.3) is 10.8 Å². The fourth-order valence-corrected chi connectivity index (χ4v) is 5.37. The van der Waals surface area contributed by atoms with Crippen molar-refractivity contribution in [2.24, 2.45) is 0 Å². The summed E-state index contributed by atoms with van der Waals surface area (Å²) in [7, 11) is 0. The molecule has 41 heavy (non-hydrogen) atoms. The van der Waals surface area contributed by atoms with E-state index < -0.39 is 11.7 Å². The SMILES string of the molecule is C[C@@H]1CN(c2nccc(Oc3ccc(NC(=O)c4cc(F)cc(N5CCOCC5)c4)c4ccccc34)n2)C[C@H](C)O1. The third kappa shape index (κ3) is 6.08. The number of ether oxygens (including phenoxy) is 3. The van der Waals surface area contributed by atoms with Gasteiger partial charge >= 0.3 is 0 Å². The number of carbonyl (C=O) groups excluding carboxylic acids is 1. The smallest absolute Gasteiger partial charge is 0.255 e. The van der Waals surface area contributed by atoms with Crippen LogP contribution in [0.3, 0.4) is 0 Å². The first kappa shape index (κ1) is 26.9. The second-order valence-electron chi connectivity index (χ2n) is 10.4. The molecular formula is C31H32FN5O4. The number of hydrogen-bond donors (Lipinski definition) is 1. The number of aromatic nitrogens is 2. The van der Waals surface area contributed by atoms with Gasteiger partial charge in [-0.25, -0.2) is 9.37 Å². The molecule has 1 N–H and O–H groups in total. The predicted octanol–water partition coefficient (Wildman–Crippen LogP) is 5.26. The largest absolute Gasteiger partial charge is 0.438 e. The van der Waals surface area contributed by atoms with Crippen LogP contribution in [0, 0.1) is 5.82 Å². The fraction of sp³-hybridized carbons (Fsp3) is 0.323. The summed E-state index contributed by atoms with van der Waals surface area (Å²) in [5.41, 5.74) is 1.50. The summed E-state index contributed by atoms with van der Waals surface area (Å²) in [5.74, 6) is 0.737. The van der Waals surface area contributed by atoms with E-state index in [9.17, 15) is 9.18 Å². The average Bonchev–Trinajstić information content (AvgIpc) is 2.98. The molecule has 10 heteroatoms. The Labute approximate surface area is 237 Å². The van der Waals surface area contributed by atoms with Crippen molar-refractivity contribution in [3.05, 3.63) is 78.2 Å². The number of amides is 1. The number of fused-ring (bicyclic) bond motifs is 1. The highest BCUT2D eigenvalue weighted by Crippen LogP contribution is 2.35. The molecule has 2 aliphatic rings. The molecule has 3 heterocycles. The number of carbonyl (C=O) groups is 1. The maximum Gasteiger partial charge on any atom is 0.255 e. The Bertz CT molecular complexity index is 1550. The van der Waals surface area contributed by atoms with Gasteiger partial charge < -0.3 is 29.3 Å². The Morgan fingerprint density at radius 1 is 0.976 bits per heavy atom. The van der Waals surface area contributed by atoms with Gasteiger partial charge in [-0.1, -0.05) is 24.3 Å². The topological polar surface area (TPSA) is 89.1 Å². The highest BCUT2D eigenvalue weighted by Gasteiger charge is 2.24. The van der Waals surface area contributed by atoms with E-state index >= 15 is 0 Å². The first-order valence-electron chi connectivity index (χ1n) is 13.8. The molecule has 0 bridgehead atoms. The van der Waals surface area contributed by atoms with Gasteiger partial charge in [0.05, 0.1) is 25.4 Å². The number of anilines is 3. The van der Waals surface area contributed by atoms with E-state index in [0.29, 0.717) is 68.3 Å². The van der Waals surface area contributed by atoms with Gasteiger partial charge in [0.15, 0.2) is 0 Å². The summed E-state index contributed by atoms with van der Waals surface area (Å²) in [6, 6.07) is 17.3. The zero-order valence-electron chi connectivity index (χ0n) is 23.0. The Balaban J connectivity index is 1.24. The zero-order valence-corrected chi connectivity index (χ0v) is 23.0. The van der Waals surface area contributed by atoms with E-state index in [-0.39, 0.29) is 17.8 Å². The quantitative estimate of drug-likeness (QED) is 0.343. The molecule has 1 amide bonds. The van der Waals surface area contributed by atoms with E-state index in [1.807, 2.05) is 43.0 Å². The lowest BCUT2D eigenvalue weighted by Gasteiger charge is -2.35. The van der Waals surface area contributed by atoms with Gasteiger partial charge in [-0.05, 0) is 44.2 Å². The van der Waals surface area contributed by atoms with Gasteiger partial charge in [-0.2, -0.15) is 4.98 Å². The number of morpholine rings is 2. The molecule has 0 unspecified atom stereocenters. The van der Waals surface area contributed by atoms with E-state index in [1.165, 1.54) is 12.1 Å². The van der Waals surface area contributed by atoms with Crippen LogP contribution in [0.1, 0.15) is 24.2 Å². The molecule has 2 aliphatic heterocycles. The summed E-state index contributed by atoms with van der Waals surface area (Å²) < 4.78 is 32.0. The fourth-order valence-electron chi connectivity index (χ4n) is 5.37. The molecule has 3 aromatic carbocycles.